The highest BCUT2D eigenvalue weighted by Crippen LogP contribution is 2.38. The lowest BCUT2D eigenvalue weighted by molar-refractivity contribution is -0.133. The first-order chi connectivity index (χ1) is 12.7. The monoisotopic (exact) mass is 427 g/mol. The molecule has 4 rings (SSSR count). The lowest BCUT2D eigenvalue weighted by atomic mass is 10.1. The third-order valence-electron chi connectivity index (χ3n) is 4.49. The van der Waals surface area contributed by atoms with Gasteiger partial charge in [0.25, 0.3) is 5.91 Å². The van der Waals surface area contributed by atoms with E-state index in [-0.39, 0.29) is 37.5 Å². The highest BCUT2D eigenvalue weighted by atomic mass is 35.5. The molecule has 2 aromatic rings. The molecular formula is C19H23Cl2N3O4. The first kappa shape index (κ1) is 22.1. The average Bonchev–Trinajstić information content (AvgIpc) is 3.10. The second-order valence-electron chi connectivity index (χ2n) is 6.36. The molecule has 3 N–H and O–H groups in total. The Hall–Kier alpha value is -2.19. The van der Waals surface area contributed by atoms with Gasteiger partial charge in [0.05, 0.1) is 18.0 Å². The molecule has 2 aromatic carbocycles. The van der Waals surface area contributed by atoms with Gasteiger partial charge in [0.1, 0.15) is 6.10 Å². The number of amides is 1. The number of nitrogens with two attached hydrogens (primary N) is 1. The van der Waals surface area contributed by atoms with E-state index in [1.165, 1.54) is 5.56 Å². The van der Waals surface area contributed by atoms with Crippen LogP contribution in [-0.2, 0) is 16.1 Å². The second kappa shape index (κ2) is 9.84. The molecule has 1 fully saturated rings. The second-order valence-corrected chi connectivity index (χ2v) is 6.36. The van der Waals surface area contributed by atoms with Crippen LogP contribution in [0.15, 0.2) is 42.5 Å². The summed E-state index contributed by atoms with van der Waals surface area (Å²) in [5, 5.41) is 2.84. The number of morpholine rings is 1. The van der Waals surface area contributed by atoms with Crippen LogP contribution in [0.5, 0.6) is 11.5 Å². The average molecular weight is 428 g/mol. The molecular weight excluding hydrogens is 405 g/mol. The molecule has 28 heavy (non-hydrogen) atoms. The number of ether oxygens (including phenoxy) is 3. The molecule has 2 aliphatic rings. The van der Waals surface area contributed by atoms with Crippen LogP contribution in [-0.4, -0.2) is 43.4 Å². The van der Waals surface area contributed by atoms with Crippen molar-refractivity contribution in [3.05, 3.63) is 48.0 Å². The van der Waals surface area contributed by atoms with E-state index in [1.54, 1.807) is 12.1 Å². The summed E-state index contributed by atoms with van der Waals surface area (Å²) in [4.78, 5) is 14.8. The van der Waals surface area contributed by atoms with E-state index in [0.29, 0.717) is 36.0 Å². The number of carbonyl (C=O) groups is 1. The van der Waals surface area contributed by atoms with Crippen molar-refractivity contribution in [2.24, 2.45) is 0 Å². The smallest absolute Gasteiger partial charge is 0.254 e. The van der Waals surface area contributed by atoms with Crippen molar-refractivity contribution in [3.63, 3.8) is 0 Å². The molecule has 0 spiro atoms. The number of hydrogen-bond donors (Lipinski definition) is 2. The molecule has 2 aliphatic heterocycles. The van der Waals surface area contributed by atoms with Gasteiger partial charge in [0, 0.05) is 31.8 Å². The van der Waals surface area contributed by atoms with Gasteiger partial charge in [0.2, 0.25) is 6.79 Å². The summed E-state index contributed by atoms with van der Waals surface area (Å²) >= 11 is 0. The molecule has 2 heterocycles. The van der Waals surface area contributed by atoms with Crippen molar-refractivity contribution in [3.8, 4) is 11.5 Å². The molecule has 152 valence electrons. The molecule has 1 unspecified atom stereocenters. The molecule has 0 radical (unpaired) electrons. The van der Waals surface area contributed by atoms with Gasteiger partial charge in [-0.3, -0.25) is 9.69 Å². The van der Waals surface area contributed by atoms with Crippen molar-refractivity contribution in [2.45, 2.75) is 12.6 Å². The number of fused-ring (bicyclic) bond motifs is 1. The van der Waals surface area contributed by atoms with Gasteiger partial charge in [-0.1, -0.05) is 30.3 Å². The van der Waals surface area contributed by atoms with E-state index in [9.17, 15) is 4.79 Å². The minimum atomic E-state index is -0.544. The van der Waals surface area contributed by atoms with Crippen molar-refractivity contribution in [2.75, 3.05) is 37.5 Å². The minimum absolute atomic E-state index is 0. The Morgan fingerprint density at radius 3 is 2.61 bits per heavy atom. The van der Waals surface area contributed by atoms with Crippen molar-refractivity contribution in [1.29, 1.82) is 0 Å². The number of nitrogens with zero attached hydrogens (tertiary/aromatic N) is 1. The normalized spacial score (nSPS) is 17.9. The molecule has 0 aromatic heterocycles. The fourth-order valence-corrected chi connectivity index (χ4v) is 3.13. The van der Waals surface area contributed by atoms with Crippen molar-refractivity contribution >= 4 is 42.1 Å². The summed E-state index contributed by atoms with van der Waals surface area (Å²) in [5.74, 6) is 0.946. The Labute approximate surface area is 175 Å². The lowest BCUT2D eigenvalue weighted by Crippen LogP contribution is -2.47. The van der Waals surface area contributed by atoms with Gasteiger partial charge < -0.3 is 25.3 Å². The Morgan fingerprint density at radius 1 is 1.14 bits per heavy atom. The van der Waals surface area contributed by atoms with Crippen molar-refractivity contribution in [1.82, 2.24) is 4.90 Å². The van der Waals surface area contributed by atoms with E-state index in [2.05, 4.69) is 22.3 Å². The van der Waals surface area contributed by atoms with E-state index >= 15 is 0 Å². The number of anilines is 2. The van der Waals surface area contributed by atoms with Crippen LogP contribution in [0.4, 0.5) is 11.4 Å². The first-order valence-corrected chi connectivity index (χ1v) is 8.57. The van der Waals surface area contributed by atoms with E-state index in [4.69, 9.17) is 19.9 Å². The molecule has 1 saturated heterocycles. The highest BCUT2D eigenvalue weighted by Gasteiger charge is 2.27. The van der Waals surface area contributed by atoms with E-state index in [1.807, 2.05) is 18.2 Å². The van der Waals surface area contributed by atoms with Gasteiger partial charge in [0.15, 0.2) is 11.5 Å². The van der Waals surface area contributed by atoms with Crippen LogP contribution in [0.3, 0.4) is 0 Å². The largest absolute Gasteiger partial charge is 0.454 e. The van der Waals surface area contributed by atoms with Gasteiger partial charge in [-0.25, -0.2) is 0 Å². The molecule has 0 aliphatic carbocycles. The lowest BCUT2D eigenvalue weighted by Gasteiger charge is -2.32. The van der Waals surface area contributed by atoms with E-state index < -0.39 is 6.10 Å². The SMILES string of the molecule is Cl.Cl.Nc1cc2c(cc1NC(=O)C1CN(Cc3ccccc3)CCO1)OCO2. The Bertz CT molecular complexity index is 807. The van der Waals surface area contributed by atoms with Gasteiger partial charge in [-0.05, 0) is 5.56 Å². The first-order valence-electron chi connectivity index (χ1n) is 8.57. The number of nitrogen functional groups attached to an aromatic ring is 1. The molecule has 7 nitrogen and oxygen atoms in total. The van der Waals surface area contributed by atoms with Crippen LogP contribution >= 0.6 is 24.8 Å². The number of halogens is 2. The summed E-state index contributed by atoms with van der Waals surface area (Å²) in [6.07, 6.45) is -0.544. The zero-order chi connectivity index (χ0) is 17.9. The summed E-state index contributed by atoms with van der Waals surface area (Å²) < 4.78 is 16.3. The maximum absolute atomic E-state index is 12.6. The van der Waals surface area contributed by atoms with Crippen LogP contribution in [0.1, 0.15) is 5.56 Å². The third kappa shape index (κ3) is 4.99. The number of benzene rings is 2. The maximum atomic E-state index is 12.6. The Balaban J connectivity index is 0.00000140. The fraction of sp³-hybridized carbons (Fsp3) is 0.316. The summed E-state index contributed by atoms with van der Waals surface area (Å²) in [6.45, 7) is 2.80. The molecule has 9 heteroatoms. The molecule has 0 bridgehead atoms. The quantitative estimate of drug-likeness (QED) is 0.729. The van der Waals surface area contributed by atoms with Crippen LogP contribution in [0.25, 0.3) is 0 Å². The summed E-state index contributed by atoms with van der Waals surface area (Å²) in [7, 11) is 0. The van der Waals surface area contributed by atoms with Crippen molar-refractivity contribution < 1.29 is 19.0 Å². The molecule has 1 amide bonds. The zero-order valence-electron chi connectivity index (χ0n) is 15.1. The van der Waals surface area contributed by atoms with Gasteiger partial charge in [-0.2, -0.15) is 0 Å². The van der Waals surface area contributed by atoms with Crippen LogP contribution in [0, 0.1) is 0 Å². The highest BCUT2D eigenvalue weighted by molar-refractivity contribution is 5.97. The maximum Gasteiger partial charge on any atom is 0.254 e. The predicted molar refractivity (Wildman–Crippen MR) is 112 cm³/mol. The Kier molecular flexibility index (Phi) is 7.77. The standard InChI is InChI=1S/C19H21N3O4.2ClH/c20-14-8-16-17(26-12-25-16)9-15(14)21-19(23)18-11-22(6-7-24-18)10-13-4-2-1-3-5-13;;/h1-5,8-9,18H,6-7,10-12,20H2,(H,21,23);2*1H. The molecule has 0 saturated carbocycles. The fourth-order valence-electron chi connectivity index (χ4n) is 3.13. The number of carbonyl (C=O) groups excluding carboxylic acids is 1. The number of rotatable bonds is 4. The summed E-state index contributed by atoms with van der Waals surface area (Å²) in [5.41, 5.74) is 8.15. The van der Waals surface area contributed by atoms with E-state index in [0.717, 1.165) is 13.1 Å². The minimum Gasteiger partial charge on any atom is -0.454 e. The van der Waals surface area contributed by atoms with Crippen LogP contribution < -0.4 is 20.5 Å². The third-order valence-corrected chi connectivity index (χ3v) is 4.49. The predicted octanol–water partition coefficient (Wildman–Crippen LogP) is 2.68. The van der Waals surface area contributed by atoms with Gasteiger partial charge >= 0.3 is 0 Å². The number of nitrogens with one attached hydrogen (secondary N) is 1. The van der Waals surface area contributed by atoms with Crippen LogP contribution in [0.2, 0.25) is 0 Å². The van der Waals surface area contributed by atoms with Gasteiger partial charge in [-0.15, -0.1) is 24.8 Å². The number of hydrogen-bond acceptors (Lipinski definition) is 6. The zero-order valence-corrected chi connectivity index (χ0v) is 16.8. The Morgan fingerprint density at radius 2 is 1.86 bits per heavy atom. The summed E-state index contributed by atoms with van der Waals surface area (Å²) in [6, 6.07) is 13.5. The molecule has 1 atom stereocenters. The topological polar surface area (TPSA) is 86.1 Å².